The van der Waals surface area contributed by atoms with Crippen molar-refractivity contribution in [3.05, 3.63) is 41.3 Å². The van der Waals surface area contributed by atoms with Crippen molar-refractivity contribution < 1.29 is 0 Å². The molecule has 0 saturated heterocycles. The third-order valence-corrected chi connectivity index (χ3v) is 1.81. The summed E-state index contributed by atoms with van der Waals surface area (Å²) in [5.74, 6) is 0. The van der Waals surface area contributed by atoms with Crippen molar-refractivity contribution in [3.63, 3.8) is 0 Å². The average Bonchev–Trinajstić information content (AvgIpc) is 2.52. The first-order valence-electron chi connectivity index (χ1n) is 3.90. The van der Waals surface area contributed by atoms with Gasteiger partial charge in [-0.1, -0.05) is 6.08 Å². The fraction of sp³-hybridized carbons (Fsp3) is 0. The van der Waals surface area contributed by atoms with Crippen molar-refractivity contribution >= 4 is 12.2 Å². The number of rotatable bonds is 0. The van der Waals surface area contributed by atoms with Gasteiger partial charge < -0.3 is 0 Å². The molecular formula is C10H7N3. The molecule has 1 N–H and O–H groups in total. The van der Waals surface area contributed by atoms with Crippen molar-refractivity contribution in [2.45, 2.75) is 0 Å². The van der Waals surface area contributed by atoms with Crippen LogP contribution in [0.15, 0.2) is 30.0 Å². The highest BCUT2D eigenvalue weighted by Gasteiger charge is 1.99. The molecule has 3 nitrogen and oxygen atoms in total. The van der Waals surface area contributed by atoms with E-state index in [1.165, 1.54) is 0 Å². The molecule has 2 rings (SSSR count). The number of allylic oxidation sites excluding steroid dienone is 4. The van der Waals surface area contributed by atoms with Gasteiger partial charge in [-0.15, -0.1) is 0 Å². The molecule has 1 aliphatic rings. The van der Waals surface area contributed by atoms with E-state index >= 15 is 0 Å². The van der Waals surface area contributed by atoms with E-state index in [1.54, 1.807) is 18.3 Å². The Balaban J connectivity index is 2.47. The van der Waals surface area contributed by atoms with Crippen LogP contribution in [0, 0.1) is 11.3 Å². The Kier molecular flexibility index (Phi) is 1.81. The first-order valence-corrected chi connectivity index (χ1v) is 3.90. The molecule has 62 valence electrons. The van der Waals surface area contributed by atoms with E-state index in [4.69, 9.17) is 5.26 Å². The lowest BCUT2D eigenvalue weighted by Crippen LogP contribution is -1.79. The van der Waals surface area contributed by atoms with Crippen LogP contribution in [0.1, 0.15) is 11.3 Å². The summed E-state index contributed by atoms with van der Waals surface area (Å²) in [6, 6.07) is 2.09. The molecule has 0 amide bonds. The van der Waals surface area contributed by atoms with Crippen LogP contribution in [0.3, 0.4) is 0 Å². The molecule has 0 bridgehead atoms. The molecule has 0 unspecified atom stereocenters. The molecule has 0 radical (unpaired) electrons. The van der Waals surface area contributed by atoms with Gasteiger partial charge >= 0.3 is 0 Å². The van der Waals surface area contributed by atoms with E-state index in [2.05, 4.69) is 16.3 Å². The van der Waals surface area contributed by atoms with Gasteiger partial charge in [-0.25, -0.2) is 0 Å². The van der Waals surface area contributed by atoms with Crippen molar-refractivity contribution in [1.82, 2.24) is 10.2 Å². The zero-order valence-corrected chi connectivity index (χ0v) is 6.86. The largest absolute Gasteiger partial charge is 0.278 e. The van der Waals surface area contributed by atoms with Gasteiger partial charge in [0.25, 0.3) is 0 Å². The maximum Gasteiger partial charge on any atom is 0.0991 e. The number of aromatic amines is 1. The predicted octanol–water partition coefficient (Wildman–Crippen LogP) is 1.90. The SMILES string of the molecule is N#CC1=C/C=C\c2[nH]ncc2/C=C\1. The third-order valence-electron chi connectivity index (χ3n) is 1.81. The minimum atomic E-state index is 0.642. The van der Waals surface area contributed by atoms with E-state index in [-0.39, 0.29) is 0 Å². The smallest absolute Gasteiger partial charge is 0.0991 e. The minimum absolute atomic E-state index is 0.642. The van der Waals surface area contributed by atoms with Crippen LogP contribution in [0.5, 0.6) is 0 Å². The summed E-state index contributed by atoms with van der Waals surface area (Å²) in [7, 11) is 0. The Labute approximate surface area is 75.7 Å². The van der Waals surface area contributed by atoms with Crippen LogP contribution < -0.4 is 0 Å². The molecule has 0 fully saturated rings. The zero-order valence-electron chi connectivity index (χ0n) is 6.86. The quantitative estimate of drug-likeness (QED) is 0.644. The van der Waals surface area contributed by atoms with Gasteiger partial charge in [0.2, 0.25) is 0 Å². The monoisotopic (exact) mass is 169 g/mol. The molecule has 0 aliphatic heterocycles. The van der Waals surface area contributed by atoms with Gasteiger partial charge in [0, 0.05) is 5.56 Å². The molecule has 1 aromatic heterocycles. The molecule has 0 spiro atoms. The zero-order chi connectivity index (χ0) is 9.10. The summed E-state index contributed by atoms with van der Waals surface area (Å²) in [6.07, 6.45) is 10.9. The summed E-state index contributed by atoms with van der Waals surface area (Å²) in [4.78, 5) is 0. The van der Waals surface area contributed by atoms with Gasteiger partial charge in [0.15, 0.2) is 0 Å². The van der Waals surface area contributed by atoms with E-state index in [9.17, 15) is 0 Å². The standard InChI is InChI=1S/C10H7N3/c11-6-8-2-1-3-10-9(5-4-8)7-12-13-10/h1-5,7H,(H,12,13). The number of hydrogen-bond acceptors (Lipinski definition) is 2. The van der Waals surface area contributed by atoms with Crippen LogP contribution in [0.4, 0.5) is 0 Å². The van der Waals surface area contributed by atoms with Crippen LogP contribution in [0.25, 0.3) is 12.2 Å². The van der Waals surface area contributed by atoms with Crippen LogP contribution in [0.2, 0.25) is 0 Å². The molecule has 3 heteroatoms. The second-order valence-corrected chi connectivity index (χ2v) is 2.67. The number of aromatic nitrogens is 2. The number of nitrogens with zero attached hydrogens (tertiary/aromatic N) is 2. The molecule has 0 atom stereocenters. The first kappa shape index (κ1) is 7.56. The van der Waals surface area contributed by atoms with E-state index in [1.807, 2.05) is 18.2 Å². The molecule has 13 heavy (non-hydrogen) atoms. The molecule has 0 saturated carbocycles. The Hall–Kier alpha value is -2.08. The number of nitriles is 1. The summed E-state index contributed by atoms with van der Waals surface area (Å²) in [6.45, 7) is 0. The summed E-state index contributed by atoms with van der Waals surface area (Å²) in [5, 5.41) is 15.4. The molecule has 0 aromatic carbocycles. The summed E-state index contributed by atoms with van der Waals surface area (Å²) in [5.41, 5.74) is 2.60. The Bertz CT molecular complexity index is 441. The van der Waals surface area contributed by atoms with Gasteiger partial charge in [0.05, 0.1) is 23.5 Å². The first-order chi connectivity index (χ1) is 6.40. The predicted molar refractivity (Wildman–Crippen MR) is 50.4 cm³/mol. The van der Waals surface area contributed by atoms with Gasteiger partial charge in [-0.05, 0) is 24.3 Å². The molecule has 1 aromatic rings. The average molecular weight is 169 g/mol. The van der Waals surface area contributed by atoms with Crippen LogP contribution >= 0.6 is 0 Å². The third kappa shape index (κ3) is 1.42. The maximum absolute atomic E-state index is 8.68. The highest BCUT2D eigenvalue weighted by Crippen LogP contribution is 2.13. The van der Waals surface area contributed by atoms with Crippen molar-refractivity contribution in [3.8, 4) is 6.07 Å². The minimum Gasteiger partial charge on any atom is -0.278 e. The van der Waals surface area contributed by atoms with E-state index in [0.717, 1.165) is 11.3 Å². The molecular weight excluding hydrogens is 162 g/mol. The highest BCUT2D eigenvalue weighted by atomic mass is 15.1. The number of nitrogens with one attached hydrogen (secondary N) is 1. The lowest BCUT2D eigenvalue weighted by Gasteiger charge is -1.93. The van der Waals surface area contributed by atoms with E-state index < -0.39 is 0 Å². The van der Waals surface area contributed by atoms with Gasteiger partial charge in [0.1, 0.15) is 0 Å². The highest BCUT2D eigenvalue weighted by molar-refractivity contribution is 5.67. The normalized spacial score (nSPS) is 22.8. The topological polar surface area (TPSA) is 52.5 Å². The maximum atomic E-state index is 8.68. The van der Waals surface area contributed by atoms with Crippen molar-refractivity contribution in [2.24, 2.45) is 0 Å². The van der Waals surface area contributed by atoms with E-state index in [0.29, 0.717) is 5.57 Å². The molecule has 1 heterocycles. The Morgan fingerprint density at radius 1 is 1.31 bits per heavy atom. The van der Waals surface area contributed by atoms with Crippen molar-refractivity contribution in [1.29, 1.82) is 5.26 Å². The second-order valence-electron chi connectivity index (χ2n) is 2.67. The van der Waals surface area contributed by atoms with Gasteiger partial charge in [-0.2, -0.15) is 10.4 Å². The lowest BCUT2D eigenvalue weighted by molar-refractivity contribution is 1.08. The second kappa shape index (κ2) is 3.11. The Morgan fingerprint density at radius 2 is 2.23 bits per heavy atom. The number of fused-ring (bicyclic) bond motifs is 1. The Morgan fingerprint density at radius 3 is 3.08 bits per heavy atom. The summed E-state index contributed by atoms with van der Waals surface area (Å²) < 4.78 is 0. The van der Waals surface area contributed by atoms with Crippen molar-refractivity contribution in [2.75, 3.05) is 0 Å². The summed E-state index contributed by atoms with van der Waals surface area (Å²) >= 11 is 0. The lowest BCUT2D eigenvalue weighted by atomic mass is 10.1. The number of hydrogen-bond donors (Lipinski definition) is 1. The fourth-order valence-corrected chi connectivity index (χ4v) is 1.13. The number of H-pyrrole nitrogens is 1. The van der Waals surface area contributed by atoms with Crippen LogP contribution in [-0.4, -0.2) is 10.2 Å². The fourth-order valence-electron chi connectivity index (χ4n) is 1.13. The van der Waals surface area contributed by atoms with Gasteiger partial charge in [-0.3, -0.25) is 5.10 Å². The van der Waals surface area contributed by atoms with Crippen LogP contribution in [-0.2, 0) is 0 Å². The molecule has 1 aliphatic carbocycles.